The Kier molecular flexibility index (Phi) is 3.19. The van der Waals surface area contributed by atoms with Crippen molar-refractivity contribution >= 4 is 5.95 Å². The highest BCUT2D eigenvalue weighted by Crippen LogP contribution is 2.30. The predicted octanol–water partition coefficient (Wildman–Crippen LogP) is 0.810. The van der Waals surface area contributed by atoms with Crippen LogP contribution in [0.15, 0.2) is 18.2 Å². The van der Waals surface area contributed by atoms with Gasteiger partial charge in [0.25, 0.3) is 0 Å². The maximum atomic E-state index is 9.82. The molecule has 7 nitrogen and oxygen atoms in total. The molecule has 3 rings (SSSR count). The number of anilines is 1. The van der Waals surface area contributed by atoms with Crippen LogP contribution in [0.2, 0.25) is 0 Å². The molecule has 1 aromatic heterocycles. The molecule has 0 spiro atoms. The van der Waals surface area contributed by atoms with Gasteiger partial charge in [0.1, 0.15) is 11.5 Å². The van der Waals surface area contributed by atoms with Gasteiger partial charge >= 0.3 is 0 Å². The van der Waals surface area contributed by atoms with Crippen molar-refractivity contribution in [2.24, 2.45) is 5.73 Å². The third-order valence-corrected chi connectivity index (χ3v) is 3.45. The Morgan fingerprint density at radius 1 is 1.35 bits per heavy atom. The van der Waals surface area contributed by atoms with Crippen LogP contribution in [0.1, 0.15) is 12.8 Å². The van der Waals surface area contributed by atoms with Gasteiger partial charge in [-0.1, -0.05) is 0 Å². The molecule has 0 bridgehead atoms. The molecule has 0 radical (unpaired) electrons. The molecule has 1 saturated heterocycles. The minimum atomic E-state index is 0.0424. The number of aromatic amines is 1. The molecule has 0 saturated carbocycles. The van der Waals surface area contributed by atoms with E-state index < -0.39 is 0 Å². The number of H-pyrrole nitrogens is 1. The van der Waals surface area contributed by atoms with Crippen LogP contribution in [0.5, 0.6) is 11.5 Å². The fourth-order valence-corrected chi connectivity index (χ4v) is 2.42. The number of benzene rings is 1. The van der Waals surface area contributed by atoms with Gasteiger partial charge in [-0.25, -0.2) is 0 Å². The minimum Gasteiger partial charge on any atom is -0.508 e. The SMILES string of the molecule is NC1CCCN(c2n[nH]c(-c3cc(O)ccc3O)n2)C1. The molecule has 20 heavy (non-hydrogen) atoms. The normalized spacial score (nSPS) is 19.2. The molecular weight excluding hydrogens is 258 g/mol. The molecule has 1 aliphatic rings. The van der Waals surface area contributed by atoms with E-state index in [1.165, 1.54) is 18.2 Å². The third kappa shape index (κ3) is 2.39. The maximum Gasteiger partial charge on any atom is 0.245 e. The third-order valence-electron chi connectivity index (χ3n) is 3.45. The molecule has 1 unspecified atom stereocenters. The van der Waals surface area contributed by atoms with E-state index in [0.29, 0.717) is 17.3 Å². The summed E-state index contributed by atoms with van der Waals surface area (Å²) in [6, 6.07) is 4.42. The number of nitrogens with one attached hydrogen (secondary N) is 1. The smallest absolute Gasteiger partial charge is 0.245 e. The number of phenols is 2. The summed E-state index contributed by atoms with van der Waals surface area (Å²) in [5.74, 6) is 1.10. The highest BCUT2D eigenvalue weighted by molar-refractivity contribution is 5.66. The Labute approximate surface area is 116 Å². The Morgan fingerprint density at radius 3 is 3.00 bits per heavy atom. The van der Waals surface area contributed by atoms with Crippen molar-refractivity contribution in [2.75, 3.05) is 18.0 Å². The van der Waals surface area contributed by atoms with Gasteiger partial charge in [-0.05, 0) is 31.0 Å². The molecule has 1 aromatic carbocycles. The summed E-state index contributed by atoms with van der Waals surface area (Å²) in [7, 11) is 0. The Bertz CT molecular complexity index is 613. The quantitative estimate of drug-likeness (QED) is 0.604. The monoisotopic (exact) mass is 275 g/mol. The lowest BCUT2D eigenvalue weighted by Gasteiger charge is -2.29. The summed E-state index contributed by atoms with van der Waals surface area (Å²) < 4.78 is 0. The Hall–Kier alpha value is -2.28. The number of piperidine rings is 1. The summed E-state index contributed by atoms with van der Waals surface area (Å²) in [6.07, 6.45) is 2.03. The van der Waals surface area contributed by atoms with E-state index in [1.54, 1.807) is 0 Å². The van der Waals surface area contributed by atoms with Gasteiger partial charge in [0.2, 0.25) is 5.95 Å². The fraction of sp³-hybridized carbons (Fsp3) is 0.385. The van der Waals surface area contributed by atoms with Crippen LogP contribution in [-0.4, -0.2) is 44.5 Å². The van der Waals surface area contributed by atoms with Crippen LogP contribution in [0.25, 0.3) is 11.4 Å². The molecule has 106 valence electrons. The largest absolute Gasteiger partial charge is 0.508 e. The second-order valence-electron chi connectivity index (χ2n) is 5.03. The van der Waals surface area contributed by atoms with Gasteiger partial charge in [-0.2, -0.15) is 4.98 Å². The van der Waals surface area contributed by atoms with Gasteiger partial charge in [0.05, 0.1) is 5.56 Å². The van der Waals surface area contributed by atoms with Crippen LogP contribution >= 0.6 is 0 Å². The van der Waals surface area contributed by atoms with E-state index in [0.717, 1.165) is 25.9 Å². The van der Waals surface area contributed by atoms with Crippen molar-refractivity contribution in [1.82, 2.24) is 15.2 Å². The molecule has 2 aromatic rings. The number of rotatable bonds is 2. The average Bonchev–Trinajstić information content (AvgIpc) is 2.91. The number of aromatic nitrogens is 3. The molecule has 1 fully saturated rings. The van der Waals surface area contributed by atoms with Crippen molar-refractivity contribution in [2.45, 2.75) is 18.9 Å². The molecule has 0 amide bonds. The van der Waals surface area contributed by atoms with Gasteiger partial charge in [-0.15, -0.1) is 5.10 Å². The lowest BCUT2D eigenvalue weighted by Crippen LogP contribution is -2.43. The van der Waals surface area contributed by atoms with Crippen molar-refractivity contribution in [3.05, 3.63) is 18.2 Å². The second kappa shape index (κ2) is 5.01. The van der Waals surface area contributed by atoms with Crippen LogP contribution in [-0.2, 0) is 0 Å². The van der Waals surface area contributed by atoms with Crippen molar-refractivity contribution in [1.29, 1.82) is 0 Å². The summed E-state index contributed by atoms with van der Waals surface area (Å²) in [5, 5.41) is 26.3. The van der Waals surface area contributed by atoms with Gasteiger partial charge in [0, 0.05) is 19.1 Å². The first kappa shape index (κ1) is 12.7. The number of hydrogen-bond donors (Lipinski definition) is 4. The molecule has 5 N–H and O–H groups in total. The summed E-state index contributed by atoms with van der Waals surface area (Å²) in [6.45, 7) is 1.60. The second-order valence-corrected chi connectivity index (χ2v) is 5.03. The standard InChI is InChI=1S/C13H17N5O2/c14-8-2-1-5-18(7-8)13-15-12(16-17-13)10-6-9(19)3-4-11(10)20/h3-4,6,8,19-20H,1-2,5,7,14H2,(H,15,16,17). The van der Waals surface area contributed by atoms with Crippen LogP contribution in [0.4, 0.5) is 5.95 Å². The topological polar surface area (TPSA) is 111 Å². The van der Waals surface area contributed by atoms with E-state index in [1.807, 2.05) is 4.90 Å². The fourth-order valence-electron chi connectivity index (χ4n) is 2.42. The zero-order chi connectivity index (χ0) is 14.1. The Morgan fingerprint density at radius 2 is 2.20 bits per heavy atom. The van der Waals surface area contributed by atoms with Crippen LogP contribution in [0.3, 0.4) is 0 Å². The molecule has 1 aliphatic heterocycles. The summed E-state index contributed by atoms with van der Waals surface area (Å²) >= 11 is 0. The molecule has 7 heteroatoms. The highest BCUT2D eigenvalue weighted by atomic mass is 16.3. The number of hydrogen-bond acceptors (Lipinski definition) is 6. The van der Waals surface area contributed by atoms with Crippen LogP contribution in [0, 0.1) is 0 Å². The first-order chi connectivity index (χ1) is 9.63. The highest BCUT2D eigenvalue weighted by Gasteiger charge is 2.21. The van der Waals surface area contributed by atoms with E-state index in [-0.39, 0.29) is 17.5 Å². The van der Waals surface area contributed by atoms with E-state index in [2.05, 4.69) is 15.2 Å². The van der Waals surface area contributed by atoms with Crippen molar-refractivity contribution < 1.29 is 10.2 Å². The lowest BCUT2D eigenvalue weighted by atomic mass is 10.1. The van der Waals surface area contributed by atoms with Crippen molar-refractivity contribution in [3.63, 3.8) is 0 Å². The molecule has 0 aliphatic carbocycles. The zero-order valence-corrected chi connectivity index (χ0v) is 11.0. The number of aromatic hydroxyl groups is 2. The Balaban J connectivity index is 1.88. The van der Waals surface area contributed by atoms with Gasteiger partial charge < -0.3 is 20.8 Å². The number of nitrogens with two attached hydrogens (primary N) is 1. The molecular formula is C13H17N5O2. The average molecular weight is 275 g/mol. The van der Waals surface area contributed by atoms with E-state index in [4.69, 9.17) is 5.73 Å². The first-order valence-electron chi connectivity index (χ1n) is 6.59. The summed E-state index contributed by atoms with van der Waals surface area (Å²) in [5.41, 5.74) is 6.37. The predicted molar refractivity (Wildman–Crippen MR) is 74.6 cm³/mol. The number of nitrogens with zero attached hydrogens (tertiary/aromatic N) is 3. The van der Waals surface area contributed by atoms with Crippen LogP contribution < -0.4 is 10.6 Å². The van der Waals surface area contributed by atoms with Gasteiger partial charge in [-0.3, -0.25) is 5.10 Å². The molecule has 1 atom stereocenters. The van der Waals surface area contributed by atoms with E-state index >= 15 is 0 Å². The zero-order valence-electron chi connectivity index (χ0n) is 11.0. The number of phenolic OH excluding ortho intramolecular Hbond substituents is 2. The summed E-state index contributed by atoms with van der Waals surface area (Å²) in [4.78, 5) is 6.39. The lowest BCUT2D eigenvalue weighted by molar-refractivity contribution is 0.461. The van der Waals surface area contributed by atoms with Gasteiger partial charge in [0.15, 0.2) is 5.82 Å². The minimum absolute atomic E-state index is 0.0424. The first-order valence-corrected chi connectivity index (χ1v) is 6.59. The van der Waals surface area contributed by atoms with E-state index in [9.17, 15) is 10.2 Å². The maximum absolute atomic E-state index is 9.82. The van der Waals surface area contributed by atoms with Crippen molar-refractivity contribution in [3.8, 4) is 22.9 Å². The molecule has 2 heterocycles.